The highest BCUT2D eigenvalue weighted by Gasteiger charge is 2.30. The van der Waals surface area contributed by atoms with Gasteiger partial charge in [-0.1, -0.05) is 95.2 Å². The van der Waals surface area contributed by atoms with E-state index >= 15 is 0 Å². The van der Waals surface area contributed by atoms with Gasteiger partial charge in [-0.3, -0.25) is 4.79 Å². The maximum absolute atomic E-state index is 11.5. The molecule has 0 radical (unpaired) electrons. The molecule has 0 aliphatic rings. The molecule has 3 heteroatoms. The van der Waals surface area contributed by atoms with E-state index in [9.17, 15) is 4.79 Å². The number of ether oxygens (including phenoxy) is 1. The predicted molar refractivity (Wildman–Crippen MR) is 120 cm³/mol. The van der Waals surface area contributed by atoms with E-state index in [1.807, 2.05) is 24.3 Å². The van der Waals surface area contributed by atoms with Crippen molar-refractivity contribution >= 4 is 20.2 Å². The fourth-order valence-corrected chi connectivity index (χ4v) is 5.14. The maximum atomic E-state index is 11.5. The van der Waals surface area contributed by atoms with Crippen LogP contribution in [0.3, 0.4) is 0 Å². The molecular weight excluding hydrogens is 363 g/mol. The lowest BCUT2D eigenvalue weighted by atomic mass is 9.92. The van der Waals surface area contributed by atoms with Crippen molar-refractivity contribution in [1.29, 1.82) is 0 Å². The summed E-state index contributed by atoms with van der Waals surface area (Å²) in [6.45, 7) is 4.48. The molecule has 0 saturated carbocycles. The Kier molecular flexibility index (Phi) is 6.65. The van der Waals surface area contributed by atoms with Crippen LogP contribution in [0.5, 0.6) is 5.75 Å². The van der Waals surface area contributed by atoms with E-state index in [1.54, 1.807) is 7.11 Å². The molecule has 0 amide bonds. The first-order valence-electron chi connectivity index (χ1n) is 9.64. The van der Waals surface area contributed by atoms with Gasteiger partial charge in [-0.25, -0.2) is 0 Å². The molecule has 0 saturated heterocycles. The van der Waals surface area contributed by atoms with Gasteiger partial charge >= 0.3 is 0 Å². The van der Waals surface area contributed by atoms with Crippen LogP contribution >= 0.6 is 8.58 Å². The molecule has 144 valence electrons. The number of para-hydroxylation sites is 1. The number of carbonyl (C=O) groups is 1. The van der Waals surface area contributed by atoms with E-state index in [1.165, 1.54) is 16.7 Å². The molecule has 2 atom stereocenters. The summed E-state index contributed by atoms with van der Waals surface area (Å²) in [5.41, 5.74) is 4.45. The molecule has 3 aromatic rings. The summed E-state index contributed by atoms with van der Waals surface area (Å²) in [6.07, 6.45) is 2.76. The Bertz CT molecular complexity index is 936. The van der Waals surface area contributed by atoms with Crippen molar-refractivity contribution in [3.63, 3.8) is 0 Å². The molecular formula is C25H27O2P. The van der Waals surface area contributed by atoms with Crippen LogP contribution in [0.4, 0.5) is 0 Å². The monoisotopic (exact) mass is 390 g/mol. The zero-order chi connectivity index (χ0) is 20.0. The summed E-state index contributed by atoms with van der Waals surface area (Å²) in [4.78, 5) is 11.5. The molecule has 0 aliphatic carbocycles. The number of rotatable bonds is 8. The standard InChI is InChI=1S/C25H27O2P/c1-4-25(2,28-23-16-9-8-13-21(23)18-26)22-15-10-14-20(24(22)27-3)17-19-11-6-5-7-12-19/h5-16,18,28H,4,17H2,1-3H3. The summed E-state index contributed by atoms with van der Waals surface area (Å²) < 4.78 is 5.93. The Hall–Kier alpha value is -2.44. The Morgan fingerprint density at radius 1 is 0.964 bits per heavy atom. The molecule has 28 heavy (non-hydrogen) atoms. The minimum Gasteiger partial charge on any atom is -0.496 e. The van der Waals surface area contributed by atoms with E-state index in [-0.39, 0.29) is 5.16 Å². The molecule has 0 aliphatic heterocycles. The molecule has 0 bridgehead atoms. The lowest BCUT2D eigenvalue weighted by Gasteiger charge is -2.32. The third-order valence-electron chi connectivity index (χ3n) is 5.34. The highest BCUT2D eigenvalue weighted by atomic mass is 31.1. The van der Waals surface area contributed by atoms with Gasteiger partial charge in [0, 0.05) is 22.7 Å². The van der Waals surface area contributed by atoms with Gasteiger partial charge in [0.05, 0.1) is 7.11 Å². The van der Waals surface area contributed by atoms with Gasteiger partial charge < -0.3 is 4.74 Å². The quantitative estimate of drug-likeness (QED) is 0.363. The Balaban J connectivity index is 2.02. The fraction of sp³-hybridized carbons (Fsp3) is 0.240. The van der Waals surface area contributed by atoms with E-state index in [2.05, 4.69) is 62.4 Å². The minimum absolute atomic E-state index is 0.100. The molecule has 0 aromatic heterocycles. The van der Waals surface area contributed by atoms with Gasteiger partial charge in [0.15, 0.2) is 6.29 Å². The Labute approximate surface area is 169 Å². The van der Waals surface area contributed by atoms with Crippen LogP contribution in [0.2, 0.25) is 0 Å². The summed E-state index contributed by atoms with van der Waals surface area (Å²) in [6, 6.07) is 24.8. The van der Waals surface area contributed by atoms with Crippen LogP contribution in [-0.2, 0) is 11.6 Å². The first kappa shape index (κ1) is 20.3. The summed E-state index contributed by atoms with van der Waals surface area (Å²) >= 11 is 0. The summed E-state index contributed by atoms with van der Waals surface area (Å²) in [5, 5.41) is 1.01. The number of methoxy groups -OCH3 is 1. The van der Waals surface area contributed by atoms with Crippen molar-refractivity contribution in [3.05, 3.63) is 95.1 Å². The van der Waals surface area contributed by atoms with Crippen molar-refractivity contribution in [2.45, 2.75) is 31.8 Å². The van der Waals surface area contributed by atoms with Gasteiger partial charge in [0.25, 0.3) is 0 Å². The van der Waals surface area contributed by atoms with Gasteiger partial charge in [-0.15, -0.1) is 0 Å². The second-order valence-corrected chi connectivity index (χ2v) is 9.07. The smallest absolute Gasteiger partial charge is 0.150 e. The first-order chi connectivity index (χ1) is 13.6. The lowest BCUT2D eigenvalue weighted by molar-refractivity contribution is 0.112. The number of benzene rings is 3. The van der Waals surface area contributed by atoms with Crippen molar-refractivity contribution in [1.82, 2.24) is 0 Å². The van der Waals surface area contributed by atoms with Gasteiger partial charge in [-0.2, -0.15) is 0 Å². The topological polar surface area (TPSA) is 26.3 Å². The molecule has 3 aromatic carbocycles. The highest BCUT2D eigenvalue weighted by Crippen LogP contribution is 2.48. The van der Waals surface area contributed by atoms with Crippen molar-refractivity contribution < 1.29 is 9.53 Å². The van der Waals surface area contributed by atoms with E-state index in [4.69, 9.17) is 4.74 Å². The molecule has 3 rings (SSSR count). The van der Waals surface area contributed by atoms with Crippen LogP contribution in [0.15, 0.2) is 72.8 Å². The normalized spacial score (nSPS) is 13.4. The lowest BCUT2D eigenvalue weighted by Crippen LogP contribution is -2.21. The molecule has 0 spiro atoms. The zero-order valence-electron chi connectivity index (χ0n) is 16.7. The number of aldehydes is 1. The average molecular weight is 390 g/mol. The fourth-order valence-electron chi connectivity index (χ4n) is 3.57. The van der Waals surface area contributed by atoms with E-state index in [0.29, 0.717) is 8.58 Å². The number of hydrogen-bond acceptors (Lipinski definition) is 2. The largest absolute Gasteiger partial charge is 0.496 e. The number of hydrogen-bond donors (Lipinski definition) is 0. The number of carbonyl (C=O) groups excluding carboxylic acids is 1. The first-order valence-corrected chi connectivity index (χ1v) is 10.6. The highest BCUT2D eigenvalue weighted by molar-refractivity contribution is 7.48. The Morgan fingerprint density at radius 2 is 1.68 bits per heavy atom. The summed E-state index contributed by atoms with van der Waals surface area (Å²) in [5.74, 6) is 0.965. The van der Waals surface area contributed by atoms with Crippen LogP contribution in [0, 0.1) is 0 Å². The van der Waals surface area contributed by atoms with Crippen LogP contribution < -0.4 is 10.0 Å². The van der Waals surface area contributed by atoms with E-state index in [0.717, 1.165) is 35.7 Å². The second-order valence-electron chi connectivity index (χ2n) is 7.18. The average Bonchev–Trinajstić information content (AvgIpc) is 2.74. The van der Waals surface area contributed by atoms with Crippen molar-refractivity contribution in [2.75, 3.05) is 7.11 Å². The van der Waals surface area contributed by atoms with E-state index < -0.39 is 0 Å². The molecule has 2 nitrogen and oxygen atoms in total. The Morgan fingerprint density at radius 3 is 2.36 bits per heavy atom. The van der Waals surface area contributed by atoms with Crippen molar-refractivity contribution in [2.24, 2.45) is 0 Å². The van der Waals surface area contributed by atoms with Crippen LogP contribution in [-0.4, -0.2) is 13.4 Å². The third kappa shape index (κ3) is 4.34. The predicted octanol–water partition coefficient (Wildman–Crippen LogP) is 5.73. The molecule has 0 fully saturated rings. The van der Waals surface area contributed by atoms with Crippen LogP contribution in [0.1, 0.15) is 47.3 Å². The molecule has 2 unspecified atom stereocenters. The van der Waals surface area contributed by atoms with Gasteiger partial charge in [-0.05, 0) is 22.9 Å². The maximum Gasteiger partial charge on any atom is 0.150 e. The zero-order valence-corrected chi connectivity index (χ0v) is 17.7. The van der Waals surface area contributed by atoms with Crippen molar-refractivity contribution in [3.8, 4) is 5.75 Å². The third-order valence-corrected chi connectivity index (χ3v) is 7.24. The minimum atomic E-state index is -0.100. The molecule has 0 heterocycles. The van der Waals surface area contributed by atoms with Gasteiger partial charge in [0.1, 0.15) is 5.75 Å². The summed E-state index contributed by atoms with van der Waals surface area (Å²) in [7, 11) is 2.24. The second kappa shape index (κ2) is 9.17. The molecule has 0 N–H and O–H groups in total. The van der Waals surface area contributed by atoms with Crippen LogP contribution in [0.25, 0.3) is 0 Å². The SMILES string of the molecule is CCC(C)(Pc1ccccc1C=O)c1cccc(Cc2ccccc2)c1OC. The van der Waals surface area contributed by atoms with Gasteiger partial charge in [0.2, 0.25) is 0 Å².